The molecule has 0 bridgehead atoms. The largest absolute Gasteiger partial charge is 0.339 e. The van der Waals surface area contributed by atoms with E-state index in [1.54, 1.807) is 0 Å². The number of rotatable bonds is 1. The molecule has 2 nitrogen and oxygen atoms in total. The lowest BCUT2D eigenvalue weighted by atomic mass is 10.3. The highest BCUT2D eigenvalue weighted by molar-refractivity contribution is 6.27. The summed E-state index contributed by atoms with van der Waals surface area (Å²) in [4.78, 5) is 12.2. The van der Waals surface area contributed by atoms with Crippen LogP contribution in [0.25, 0.3) is 0 Å². The number of hydrogen-bond acceptors (Lipinski definition) is 1. The molecule has 1 heterocycles. The Hall–Kier alpha value is -0.310. The predicted octanol–water partition coefficient (Wildman–Crippen LogP) is 0.796. The molecular formula is C6H9ClFNO. The second kappa shape index (κ2) is 3.19. The van der Waals surface area contributed by atoms with Crippen molar-refractivity contribution < 1.29 is 9.18 Å². The molecule has 1 aliphatic heterocycles. The second-order valence-electron chi connectivity index (χ2n) is 2.36. The molecule has 0 saturated carbocycles. The van der Waals surface area contributed by atoms with Crippen molar-refractivity contribution in [2.75, 3.05) is 19.0 Å². The van der Waals surface area contributed by atoms with Crippen molar-refractivity contribution in [2.45, 2.75) is 12.6 Å². The number of amides is 1. The van der Waals surface area contributed by atoms with Crippen LogP contribution < -0.4 is 0 Å². The zero-order valence-electron chi connectivity index (χ0n) is 5.52. The van der Waals surface area contributed by atoms with Crippen LogP contribution >= 0.6 is 11.6 Å². The summed E-state index contributed by atoms with van der Waals surface area (Å²) in [7, 11) is 0. The molecule has 1 amide bonds. The Morgan fingerprint density at radius 3 is 2.90 bits per heavy atom. The van der Waals surface area contributed by atoms with Crippen LogP contribution in [0.5, 0.6) is 0 Å². The Balaban J connectivity index is 2.37. The molecule has 0 aromatic carbocycles. The van der Waals surface area contributed by atoms with Crippen LogP contribution in [0, 0.1) is 0 Å². The Morgan fingerprint density at radius 2 is 2.50 bits per heavy atom. The number of alkyl halides is 2. The fourth-order valence-corrected chi connectivity index (χ4v) is 1.20. The van der Waals surface area contributed by atoms with E-state index in [1.165, 1.54) is 4.90 Å². The summed E-state index contributed by atoms with van der Waals surface area (Å²) in [5.74, 6) is -0.200. The van der Waals surface area contributed by atoms with Crippen molar-refractivity contribution in [3.8, 4) is 0 Å². The van der Waals surface area contributed by atoms with Crippen molar-refractivity contribution in [3.05, 3.63) is 0 Å². The zero-order valence-corrected chi connectivity index (χ0v) is 6.27. The lowest BCUT2D eigenvalue weighted by Gasteiger charge is -2.12. The minimum Gasteiger partial charge on any atom is -0.339 e. The number of halogens is 2. The van der Waals surface area contributed by atoms with Gasteiger partial charge in [-0.2, -0.15) is 0 Å². The monoisotopic (exact) mass is 165 g/mol. The molecular weight excluding hydrogens is 157 g/mol. The quantitative estimate of drug-likeness (QED) is 0.527. The van der Waals surface area contributed by atoms with Gasteiger partial charge in [-0.1, -0.05) is 0 Å². The summed E-state index contributed by atoms with van der Waals surface area (Å²) < 4.78 is 12.4. The van der Waals surface area contributed by atoms with Crippen LogP contribution in [0.1, 0.15) is 6.42 Å². The van der Waals surface area contributed by atoms with Gasteiger partial charge in [0.25, 0.3) is 0 Å². The van der Waals surface area contributed by atoms with Gasteiger partial charge in [0.1, 0.15) is 12.1 Å². The van der Waals surface area contributed by atoms with Gasteiger partial charge in [-0.3, -0.25) is 4.79 Å². The number of carbonyl (C=O) groups excluding carboxylic acids is 1. The van der Waals surface area contributed by atoms with E-state index >= 15 is 0 Å². The van der Waals surface area contributed by atoms with Gasteiger partial charge in [0.05, 0.1) is 6.54 Å². The van der Waals surface area contributed by atoms with Crippen molar-refractivity contribution in [1.82, 2.24) is 4.90 Å². The Labute approximate surface area is 63.9 Å². The summed E-state index contributed by atoms with van der Waals surface area (Å²) in [6.07, 6.45) is -0.380. The van der Waals surface area contributed by atoms with Crippen LogP contribution in [-0.4, -0.2) is 35.9 Å². The molecule has 1 fully saturated rings. The van der Waals surface area contributed by atoms with Gasteiger partial charge in [-0.05, 0) is 6.42 Å². The Bertz CT molecular complexity index is 142. The summed E-state index contributed by atoms with van der Waals surface area (Å²) >= 11 is 5.27. The van der Waals surface area contributed by atoms with Crippen LogP contribution in [-0.2, 0) is 4.79 Å². The molecule has 0 aliphatic carbocycles. The third kappa shape index (κ3) is 1.59. The predicted molar refractivity (Wildman–Crippen MR) is 36.8 cm³/mol. The van der Waals surface area contributed by atoms with Gasteiger partial charge in [0.2, 0.25) is 5.91 Å². The van der Waals surface area contributed by atoms with Gasteiger partial charge in [-0.25, -0.2) is 4.39 Å². The first-order chi connectivity index (χ1) is 4.74. The topological polar surface area (TPSA) is 20.3 Å². The van der Waals surface area contributed by atoms with E-state index in [0.29, 0.717) is 13.0 Å². The average Bonchev–Trinajstić information content (AvgIpc) is 2.34. The van der Waals surface area contributed by atoms with Crippen LogP contribution in [0.4, 0.5) is 4.39 Å². The minimum absolute atomic E-state index is 0.0350. The fraction of sp³-hybridized carbons (Fsp3) is 0.833. The first-order valence-corrected chi connectivity index (χ1v) is 3.75. The molecule has 4 heteroatoms. The molecule has 58 valence electrons. The first kappa shape index (κ1) is 7.79. The maximum absolute atomic E-state index is 12.4. The highest BCUT2D eigenvalue weighted by atomic mass is 35.5. The molecule has 0 spiro atoms. The maximum atomic E-state index is 12.4. The normalized spacial score (nSPS) is 25.4. The molecule has 10 heavy (non-hydrogen) atoms. The van der Waals surface area contributed by atoms with Crippen LogP contribution in [0.15, 0.2) is 0 Å². The number of hydrogen-bond donors (Lipinski definition) is 0. The lowest BCUT2D eigenvalue weighted by Crippen LogP contribution is -2.29. The van der Waals surface area contributed by atoms with E-state index in [9.17, 15) is 9.18 Å². The van der Waals surface area contributed by atoms with Gasteiger partial charge in [-0.15, -0.1) is 11.6 Å². The highest BCUT2D eigenvalue weighted by Crippen LogP contribution is 2.12. The molecule has 1 atom stereocenters. The number of carbonyl (C=O) groups is 1. The van der Waals surface area contributed by atoms with E-state index in [2.05, 4.69) is 0 Å². The number of nitrogens with zero attached hydrogens (tertiary/aromatic N) is 1. The molecule has 0 aromatic heterocycles. The Morgan fingerprint density at radius 1 is 1.80 bits per heavy atom. The molecule has 0 unspecified atom stereocenters. The van der Waals surface area contributed by atoms with Gasteiger partial charge in [0.15, 0.2) is 0 Å². The van der Waals surface area contributed by atoms with Crippen molar-refractivity contribution in [1.29, 1.82) is 0 Å². The molecule has 0 N–H and O–H groups in total. The molecule has 0 radical (unpaired) electrons. The lowest BCUT2D eigenvalue weighted by molar-refractivity contribution is -0.127. The van der Waals surface area contributed by atoms with E-state index < -0.39 is 6.17 Å². The zero-order chi connectivity index (χ0) is 7.56. The summed E-state index contributed by atoms with van der Waals surface area (Å²) in [5.41, 5.74) is 0. The van der Waals surface area contributed by atoms with E-state index in [4.69, 9.17) is 11.6 Å². The molecule has 1 aliphatic rings. The fourth-order valence-electron chi connectivity index (χ4n) is 1.03. The average molecular weight is 166 g/mol. The summed E-state index contributed by atoms with van der Waals surface area (Å²) in [5, 5.41) is 0. The smallest absolute Gasteiger partial charge is 0.237 e. The van der Waals surface area contributed by atoms with Crippen molar-refractivity contribution in [3.63, 3.8) is 0 Å². The van der Waals surface area contributed by atoms with Crippen LogP contribution in [0.3, 0.4) is 0 Å². The minimum atomic E-state index is -0.841. The first-order valence-electron chi connectivity index (χ1n) is 3.22. The van der Waals surface area contributed by atoms with Crippen molar-refractivity contribution in [2.24, 2.45) is 0 Å². The summed E-state index contributed by atoms with van der Waals surface area (Å²) in [6, 6.07) is 0. The molecule has 1 saturated heterocycles. The summed E-state index contributed by atoms with van der Waals surface area (Å²) in [6.45, 7) is 0.748. The second-order valence-corrected chi connectivity index (χ2v) is 2.63. The Kier molecular flexibility index (Phi) is 2.49. The molecule has 0 aromatic rings. The van der Waals surface area contributed by atoms with E-state index in [0.717, 1.165) is 0 Å². The van der Waals surface area contributed by atoms with E-state index in [1.807, 2.05) is 0 Å². The van der Waals surface area contributed by atoms with Crippen LogP contribution in [0.2, 0.25) is 0 Å². The SMILES string of the molecule is O=C(CCl)N1CC[C@H](F)C1. The highest BCUT2D eigenvalue weighted by Gasteiger charge is 2.24. The standard InChI is InChI=1S/C6H9ClFNO/c7-3-6(10)9-2-1-5(8)4-9/h5H,1-4H2/t5-/m0/s1. The number of likely N-dealkylation sites (tertiary alicyclic amines) is 1. The maximum Gasteiger partial charge on any atom is 0.237 e. The van der Waals surface area contributed by atoms with E-state index in [-0.39, 0.29) is 18.3 Å². The van der Waals surface area contributed by atoms with Gasteiger partial charge in [0, 0.05) is 6.54 Å². The molecule has 1 rings (SSSR count). The van der Waals surface area contributed by atoms with Gasteiger partial charge < -0.3 is 4.90 Å². The van der Waals surface area contributed by atoms with Crippen molar-refractivity contribution >= 4 is 17.5 Å². The third-order valence-corrected chi connectivity index (χ3v) is 1.83. The van der Waals surface area contributed by atoms with Gasteiger partial charge >= 0.3 is 0 Å². The third-order valence-electron chi connectivity index (χ3n) is 1.60.